The number of fused-ring (bicyclic) bond motifs is 5. The molecule has 4 aliphatic rings. The molecule has 3 aliphatic heterocycles. The van der Waals surface area contributed by atoms with Crippen LogP contribution in [0.4, 0.5) is 0 Å². The molecule has 1 aromatic heterocycles. The van der Waals surface area contributed by atoms with Crippen LogP contribution < -0.4 is 5.32 Å². The molecule has 0 bridgehead atoms. The number of para-hydroxylation sites is 1. The maximum absolute atomic E-state index is 14.3. The minimum atomic E-state index is -1.36. The van der Waals surface area contributed by atoms with Crippen molar-refractivity contribution < 1.29 is 29.0 Å². The van der Waals surface area contributed by atoms with Gasteiger partial charge in [-0.05, 0) is 64.5 Å². The summed E-state index contributed by atoms with van der Waals surface area (Å²) in [7, 11) is 0. The predicted octanol–water partition coefficient (Wildman–Crippen LogP) is 4.32. The first kappa shape index (κ1) is 32.2. The minimum Gasteiger partial charge on any atom is -0.479 e. The molecule has 4 heterocycles. The number of amides is 2. The average molecular weight is 631 g/mol. The van der Waals surface area contributed by atoms with Crippen molar-refractivity contribution in [3.05, 3.63) is 54.2 Å². The molecule has 0 unspecified atom stereocenters. The third-order valence-corrected chi connectivity index (χ3v) is 10.0. The van der Waals surface area contributed by atoms with Gasteiger partial charge in [0.05, 0.1) is 17.6 Å². The second kappa shape index (κ2) is 12.8. The standard InChI is InChI=1S/C36H46N4O6/c1-35(2,3)46-30(41)17-24-12-7-5-4-6-8-13-26-18-36(26,34(44)45)38-32(42)31-28-22-39(19-25(28)20-40(31)33(24)43)21-27-16-15-23-11-9-10-14-29(23)37-27/h8-11,13-16,24-26,28,31H,4-7,12,17-22H2,1-3H3,(H,38,42)(H,44,45)/b13-8-/t24-,25-,26+,28-,31-,36+/m0/s1. The third kappa shape index (κ3) is 6.82. The molecule has 2 saturated heterocycles. The molecular weight excluding hydrogens is 584 g/mol. The number of likely N-dealkylation sites (tertiary alicyclic amines) is 1. The predicted molar refractivity (Wildman–Crippen MR) is 172 cm³/mol. The number of carboxylic acid groups (broad SMARTS) is 1. The van der Waals surface area contributed by atoms with Gasteiger partial charge in [-0.15, -0.1) is 0 Å². The Morgan fingerprint density at radius 1 is 1.07 bits per heavy atom. The van der Waals surface area contributed by atoms with E-state index in [0.717, 1.165) is 42.3 Å². The number of nitrogens with zero attached hydrogens (tertiary/aromatic N) is 3. The number of hydrogen-bond donors (Lipinski definition) is 2. The smallest absolute Gasteiger partial charge is 0.330 e. The summed E-state index contributed by atoms with van der Waals surface area (Å²) in [5.41, 5.74) is -0.160. The van der Waals surface area contributed by atoms with Crippen molar-refractivity contribution in [2.45, 2.75) is 89.4 Å². The van der Waals surface area contributed by atoms with E-state index >= 15 is 0 Å². The SMILES string of the molecule is CC(C)(C)OC(=O)C[C@@H]1CCCCC/C=C\[C@@H]2C[C@@]2(C(=O)O)NC(=O)[C@@H]2[C@H]3CN(Cc4ccc5ccccc5n4)C[C@H]3CN2C1=O. The van der Waals surface area contributed by atoms with Crippen LogP contribution >= 0.6 is 0 Å². The fourth-order valence-electron chi connectivity index (χ4n) is 7.73. The Labute approximate surface area is 270 Å². The second-order valence-electron chi connectivity index (χ2n) is 14.7. The molecule has 6 rings (SSSR count). The van der Waals surface area contributed by atoms with Crippen LogP contribution in [-0.4, -0.2) is 80.5 Å². The quantitative estimate of drug-likeness (QED) is 0.369. The summed E-state index contributed by atoms with van der Waals surface area (Å²) in [5.74, 6) is -3.12. The van der Waals surface area contributed by atoms with E-state index in [1.165, 1.54) is 0 Å². The first-order valence-corrected chi connectivity index (χ1v) is 16.7. The summed E-state index contributed by atoms with van der Waals surface area (Å²) in [6, 6.07) is 11.3. The van der Waals surface area contributed by atoms with Crippen molar-refractivity contribution in [2.24, 2.45) is 23.7 Å². The highest BCUT2D eigenvalue weighted by Gasteiger charge is 2.62. The van der Waals surface area contributed by atoms with Crippen molar-refractivity contribution in [1.29, 1.82) is 0 Å². The van der Waals surface area contributed by atoms with Crippen LogP contribution in [0, 0.1) is 23.7 Å². The zero-order valence-electron chi connectivity index (χ0n) is 27.1. The van der Waals surface area contributed by atoms with E-state index in [0.29, 0.717) is 39.0 Å². The van der Waals surface area contributed by atoms with Crippen LogP contribution in [0.2, 0.25) is 0 Å². The van der Waals surface area contributed by atoms with Gasteiger partial charge in [0.2, 0.25) is 11.8 Å². The number of aromatic nitrogens is 1. The molecule has 1 aromatic carbocycles. The molecule has 10 heteroatoms. The van der Waals surface area contributed by atoms with Gasteiger partial charge in [-0.25, -0.2) is 4.79 Å². The number of carbonyl (C=O) groups is 4. The maximum atomic E-state index is 14.3. The van der Waals surface area contributed by atoms with Crippen LogP contribution in [0.3, 0.4) is 0 Å². The van der Waals surface area contributed by atoms with E-state index in [-0.39, 0.29) is 30.1 Å². The Bertz CT molecular complexity index is 1530. The van der Waals surface area contributed by atoms with Crippen molar-refractivity contribution in [3.8, 4) is 0 Å². The Kier molecular flexibility index (Phi) is 8.93. The van der Waals surface area contributed by atoms with E-state index in [1.54, 1.807) is 25.7 Å². The molecule has 1 saturated carbocycles. The fraction of sp³-hybridized carbons (Fsp3) is 0.583. The summed E-state index contributed by atoms with van der Waals surface area (Å²) < 4.78 is 5.60. The monoisotopic (exact) mass is 630 g/mol. The lowest BCUT2D eigenvalue weighted by atomic mass is 9.92. The zero-order chi connectivity index (χ0) is 32.6. The minimum absolute atomic E-state index is 0.0388. The van der Waals surface area contributed by atoms with E-state index < -0.39 is 40.9 Å². The Hall–Kier alpha value is -3.79. The first-order valence-electron chi connectivity index (χ1n) is 16.7. The highest BCUT2D eigenvalue weighted by atomic mass is 16.6. The number of carbonyl (C=O) groups excluding carboxylic acids is 3. The van der Waals surface area contributed by atoms with Crippen molar-refractivity contribution in [3.63, 3.8) is 0 Å². The molecule has 2 aromatic rings. The largest absolute Gasteiger partial charge is 0.479 e. The number of aliphatic carboxylic acids is 1. The average Bonchev–Trinajstić information content (AvgIpc) is 3.37. The van der Waals surface area contributed by atoms with E-state index in [4.69, 9.17) is 9.72 Å². The molecule has 0 spiro atoms. The summed E-state index contributed by atoms with van der Waals surface area (Å²) in [4.78, 5) is 62.7. The Morgan fingerprint density at radius 2 is 1.87 bits per heavy atom. The number of pyridine rings is 1. The topological polar surface area (TPSA) is 129 Å². The van der Waals surface area contributed by atoms with E-state index in [1.807, 2.05) is 42.5 Å². The van der Waals surface area contributed by atoms with Crippen LogP contribution in [0.1, 0.15) is 71.4 Å². The van der Waals surface area contributed by atoms with Gasteiger partial charge in [0.1, 0.15) is 17.2 Å². The summed E-state index contributed by atoms with van der Waals surface area (Å²) in [6.07, 6.45) is 8.12. The number of allylic oxidation sites excluding steroid dienone is 1. The lowest BCUT2D eigenvalue weighted by Gasteiger charge is -2.32. The first-order chi connectivity index (χ1) is 21.9. The Balaban J connectivity index is 1.26. The molecular formula is C36H46N4O6. The van der Waals surface area contributed by atoms with Crippen LogP contribution in [0.15, 0.2) is 48.6 Å². The molecule has 46 heavy (non-hydrogen) atoms. The van der Waals surface area contributed by atoms with Crippen LogP contribution in [0.25, 0.3) is 10.9 Å². The number of nitrogens with one attached hydrogen (secondary N) is 1. The molecule has 2 N–H and O–H groups in total. The number of rotatable bonds is 5. The van der Waals surface area contributed by atoms with Gasteiger partial charge in [-0.3, -0.25) is 24.3 Å². The lowest BCUT2D eigenvalue weighted by Crippen LogP contribution is -2.56. The molecule has 246 valence electrons. The Morgan fingerprint density at radius 3 is 2.65 bits per heavy atom. The van der Waals surface area contributed by atoms with Crippen molar-refractivity contribution in [1.82, 2.24) is 20.1 Å². The van der Waals surface area contributed by atoms with Crippen molar-refractivity contribution in [2.75, 3.05) is 19.6 Å². The van der Waals surface area contributed by atoms with E-state index in [2.05, 4.69) is 16.3 Å². The van der Waals surface area contributed by atoms with Gasteiger partial charge in [-0.2, -0.15) is 0 Å². The fourth-order valence-corrected chi connectivity index (χ4v) is 7.73. The van der Waals surface area contributed by atoms with Crippen molar-refractivity contribution >= 4 is 34.7 Å². The van der Waals surface area contributed by atoms with Crippen LogP contribution in [0.5, 0.6) is 0 Å². The van der Waals surface area contributed by atoms with Gasteiger partial charge in [-0.1, -0.05) is 49.3 Å². The van der Waals surface area contributed by atoms with Gasteiger partial charge in [0.15, 0.2) is 0 Å². The maximum Gasteiger partial charge on any atom is 0.330 e. The zero-order valence-corrected chi connectivity index (χ0v) is 27.1. The number of esters is 1. The lowest BCUT2D eigenvalue weighted by molar-refractivity contribution is -0.159. The molecule has 2 amide bonds. The van der Waals surface area contributed by atoms with Gasteiger partial charge in [0, 0.05) is 49.3 Å². The highest BCUT2D eigenvalue weighted by Crippen LogP contribution is 2.46. The highest BCUT2D eigenvalue weighted by molar-refractivity contribution is 5.96. The summed E-state index contributed by atoms with van der Waals surface area (Å²) in [5, 5.41) is 14.2. The second-order valence-corrected chi connectivity index (χ2v) is 14.7. The molecule has 1 aliphatic carbocycles. The number of ether oxygens (including phenoxy) is 1. The third-order valence-electron chi connectivity index (χ3n) is 10.0. The van der Waals surface area contributed by atoms with Crippen LogP contribution in [-0.2, 0) is 30.5 Å². The van der Waals surface area contributed by atoms with Gasteiger partial charge in [0.25, 0.3) is 0 Å². The normalized spacial score (nSPS) is 31.2. The number of benzene rings is 1. The summed E-state index contributed by atoms with van der Waals surface area (Å²) >= 11 is 0. The number of hydrogen-bond acceptors (Lipinski definition) is 7. The van der Waals surface area contributed by atoms with Gasteiger partial charge >= 0.3 is 11.9 Å². The molecule has 3 fully saturated rings. The van der Waals surface area contributed by atoms with E-state index in [9.17, 15) is 24.3 Å². The molecule has 10 nitrogen and oxygen atoms in total. The molecule has 6 atom stereocenters. The number of carboxylic acids is 1. The molecule has 0 radical (unpaired) electrons. The summed E-state index contributed by atoms with van der Waals surface area (Å²) in [6.45, 7) is 7.70. The van der Waals surface area contributed by atoms with Gasteiger partial charge < -0.3 is 20.1 Å².